The average Bonchev–Trinajstić information content (AvgIpc) is 3.18. The van der Waals surface area contributed by atoms with Crippen LogP contribution in [0.5, 0.6) is 0 Å². The number of nitrogens with two attached hydrogens (primary N) is 2. The van der Waals surface area contributed by atoms with Crippen LogP contribution >= 0.6 is 11.8 Å². The third-order valence-electron chi connectivity index (χ3n) is 4.54. The van der Waals surface area contributed by atoms with Gasteiger partial charge in [-0.2, -0.15) is 0 Å². The molecule has 4 rings (SSSR count). The molecule has 2 heterocycles. The molecule has 0 spiro atoms. The summed E-state index contributed by atoms with van der Waals surface area (Å²) in [6.07, 6.45) is 3.04. The monoisotopic (exact) mass is 436 g/mol. The number of nitrogens with one attached hydrogen (secondary N) is 2. The number of nitrogens with zero attached hydrogens (tertiary/aromatic N) is 2. The minimum absolute atomic E-state index is 0.0462. The summed E-state index contributed by atoms with van der Waals surface area (Å²) in [5.74, 6) is -1.55. The van der Waals surface area contributed by atoms with Crippen molar-refractivity contribution in [1.29, 1.82) is 0 Å². The van der Waals surface area contributed by atoms with Crippen LogP contribution in [-0.2, 0) is 6.54 Å². The molecule has 6 N–H and O–H groups in total. The van der Waals surface area contributed by atoms with Crippen LogP contribution in [0.1, 0.15) is 26.4 Å². The van der Waals surface area contributed by atoms with Crippen LogP contribution in [-0.4, -0.2) is 26.8 Å². The standard InChI is InChI=1S/C21H17FN6O2S/c22-13-5-3-6-14-17(13)11(8-25-14)9-27-21(30)18-19(23)26-10-16(28-18)31-15-7-2-1-4-12(15)20(24)29/h1-8,10,25H,9H2,(H2,23,26)(H2,24,29)(H,27,30). The van der Waals surface area contributed by atoms with Gasteiger partial charge >= 0.3 is 0 Å². The molecule has 0 saturated heterocycles. The molecule has 4 aromatic rings. The summed E-state index contributed by atoms with van der Waals surface area (Å²) < 4.78 is 14.1. The molecular weight excluding hydrogens is 419 g/mol. The maximum Gasteiger partial charge on any atom is 0.274 e. The van der Waals surface area contributed by atoms with Gasteiger partial charge in [0.2, 0.25) is 5.91 Å². The first-order chi connectivity index (χ1) is 14.9. The van der Waals surface area contributed by atoms with Gasteiger partial charge in [-0.3, -0.25) is 9.59 Å². The largest absolute Gasteiger partial charge is 0.382 e. The lowest BCUT2D eigenvalue weighted by molar-refractivity contribution is 0.0944. The van der Waals surface area contributed by atoms with E-state index in [1.54, 1.807) is 42.6 Å². The van der Waals surface area contributed by atoms with Crippen molar-refractivity contribution in [3.05, 3.63) is 77.5 Å². The number of rotatable bonds is 6. The van der Waals surface area contributed by atoms with Gasteiger partial charge in [0.05, 0.1) is 11.8 Å². The zero-order chi connectivity index (χ0) is 22.0. The number of benzene rings is 2. The van der Waals surface area contributed by atoms with Gasteiger partial charge in [0.15, 0.2) is 11.5 Å². The molecule has 0 atom stereocenters. The maximum atomic E-state index is 14.1. The lowest BCUT2D eigenvalue weighted by Gasteiger charge is -2.09. The first-order valence-electron chi connectivity index (χ1n) is 9.16. The molecule has 31 heavy (non-hydrogen) atoms. The fourth-order valence-corrected chi connectivity index (χ4v) is 3.97. The van der Waals surface area contributed by atoms with Crippen molar-refractivity contribution in [3.63, 3.8) is 0 Å². The van der Waals surface area contributed by atoms with Gasteiger partial charge in [-0.1, -0.05) is 30.0 Å². The molecule has 0 aliphatic heterocycles. The van der Waals surface area contributed by atoms with Crippen molar-refractivity contribution >= 4 is 40.3 Å². The van der Waals surface area contributed by atoms with E-state index in [1.165, 1.54) is 12.3 Å². The molecule has 0 radical (unpaired) electrons. The van der Waals surface area contributed by atoms with Gasteiger partial charge in [-0.15, -0.1) is 0 Å². The van der Waals surface area contributed by atoms with Gasteiger partial charge in [-0.25, -0.2) is 14.4 Å². The Balaban J connectivity index is 1.54. The number of hydrogen-bond acceptors (Lipinski definition) is 6. The molecule has 0 unspecified atom stereocenters. The Bertz CT molecular complexity index is 1310. The van der Waals surface area contributed by atoms with Gasteiger partial charge in [-0.05, 0) is 29.8 Å². The third kappa shape index (κ3) is 4.19. The van der Waals surface area contributed by atoms with Gasteiger partial charge in [0.1, 0.15) is 10.8 Å². The van der Waals surface area contributed by atoms with Crippen LogP contribution in [0, 0.1) is 5.82 Å². The molecule has 0 aliphatic rings. The molecule has 10 heteroatoms. The minimum Gasteiger partial charge on any atom is -0.382 e. The Labute approximate surface area is 180 Å². The zero-order valence-corrected chi connectivity index (χ0v) is 16.9. The fraction of sp³-hybridized carbons (Fsp3) is 0.0476. The summed E-state index contributed by atoms with van der Waals surface area (Å²) in [5, 5.41) is 3.47. The normalized spacial score (nSPS) is 10.9. The van der Waals surface area contributed by atoms with Crippen LogP contribution in [0.15, 0.2) is 64.8 Å². The Kier molecular flexibility index (Phi) is 5.54. The summed E-state index contributed by atoms with van der Waals surface area (Å²) in [7, 11) is 0. The van der Waals surface area contributed by atoms with Crippen molar-refractivity contribution in [2.24, 2.45) is 5.73 Å². The quantitative estimate of drug-likeness (QED) is 0.366. The predicted octanol–water partition coefficient (Wildman–Crippen LogP) is 2.86. The summed E-state index contributed by atoms with van der Waals surface area (Å²) in [4.78, 5) is 36.2. The highest BCUT2D eigenvalue weighted by molar-refractivity contribution is 7.99. The van der Waals surface area contributed by atoms with Gasteiger partial charge in [0.25, 0.3) is 5.91 Å². The lowest BCUT2D eigenvalue weighted by atomic mass is 10.1. The highest BCUT2D eigenvalue weighted by Crippen LogP contribution is 2.29. The van der Waals surface area contributed by atoms with E-state index < -0.39 is 11.8 Å². The molecule has 156 valence electrons. The van der Waals surface area contributed by atoms with Crippen LogP contribution in [0.2, 0.25) is 0 Å². The second-order valence-electron chi connectivity index (χ2n) is 6.56. The zero-order valence-electron chi connectivity index (χ0n) is 16.1. The number of aromatic amines is 1. The number of amides is 2. The van der Waals surface area contributed by atoms with Crippen LogP contribution in [0.3, 0.4) is 0 Å². The summed E-state index contributed by atoms with van der Waals surface area (Å²) in [6.45, 7) is 0.0722. The van der Waals surface area contributed by atoms with E-state index >= 15 is 0 Å². The number of hydrogen-bond donors (Lipinski definition) is 4. The Morgan fingerprint density at radius 3 is 2.77 bits per heavy atom. The molecular formula is C21H17FN6O2S. The van der Waals surface area contributed by atoms with Crippen LogP contribution in [0.25, 0.3) is 10.9 Å². The summed E-state index contributed by atoms with van der Waals surface area (Å²) >= 11 is 1.14. The van der Waals surface area contributed by atoms with E-state index in [0.717, 1.165) is 11.8 Å². The smallest absolute Gasteiger partial charge is 0.274 e. The number of halogens is 1. The number of anilines is 1. The van der Waals surface area contributed by atoms with Gasteiger partial charge < -0.3 is 21.8 Å². The van der Waals surface area contributed by atoms with E-state index in [2.05, 4.69) is 20.3 Å². The molecule has 0 bridgehead atoms. The Hall–Kier alpha value is -3.92. The van der Waals surface area contributed by atoms with E-state index in [4.69, 9.17) is 11.5 Å². The molecule has 2 aromatic carbocycles. The van der Waals surface area contributed by atoms with Crippen molar-refractivity contribution in [2.45, 2.75) is 16.5 Å². The maximum absolute atomic E-state index is 14.1. The Morgan fingerprint density at radius 2 is 1.97 bits per heavy atom. The number of primary amides is 1. The summed E-state index contributed by atoms with van der Waals surface area (Å²) in [5.41, 5.74) is 12.7. The molecule has 2 aromatic heterocycles. The second kappa shape index (κ2) is 8.44. The average molecular weight is 436 g/mol. The third-order valence-corrected chi connectivity index (χ3v) is 5.52. The fourth-order valence-electron chi connectivity index (χ4n) is 3.08. The number of nitrogen functional groups attached to an aromatic ring is 1. The number of fused-ring (bicyclic) bond motifs is 1. The highest BCUT2D eigenvalue weighted by atomic mass is 32.2. The minimum atomic E-state index is -0.574. The first kappa shape index (κ1) is 20.4. The van der Waals surface area contributed by atoms with Crippen molar-refractivity contribution in [3.8, 4) is 0 Å². The van der Waals surface area contributed by atoms with E-state index in [1.807, 2.05) is 0 Å². The topological polar surface area (TPSA) is 140 Å². The lowest BCUT2D eigenvalue weighted by Crippen LogP contribution is -2.25. The van der Waals surface area contributed by atoms with E-state index in [-0.39, 0.29) is 23.9 Å². The first-order valence-corrected chi connectivity index (χ1v) is 9.97. The molecule has 2 amide bonds. The van der Waals surface area contributed by atoms with Crippen molar-refractivity contribution in [1.82, 2.24) is 20.3 Å². The SMILES string of the molecule is NC(=O)c1ccccc1Sc1cnc(N)c(C(=O)NCc2c[nH]c3cccc(F)c23)n1. The van der Waals surface area contributed by atoms with Crippen molar-refractivity contribution < 1.29 is 14.0 Å². The van der Waals surface area contributed by atoms with E-state index in [9.17, 15) is 14.0 Å². The van der Waals surface area contributed by atoms with Crippen LogP contribution in [0.4, 0.5) is 10.2 Å². The molecule has 0 saturated carbocycles. The number of carbonyl (C=O) groups is 2. The number of aromatic nitrogens is 3. The second-order valence-corrected chi connectivity index (χ2v) is 7.63. The van der Waals surface area contributed by atoms with E-state index in [0.29, 0.717) is 32.0 Å². The van der Waals surface area contributed by atoms with Crippen molar-refractivity contribution in [2.75, 3.05) is 5.73 Å². The summed E-state index contributed by atoms with van der Waals surface area (Å²) in [6, 6.07) is 11.5. The highest BCUT2D eigenvalue weighted by Gasteiger charge is 2.17. The Morgan fingerprint density at radius 1 is 1.16 bits per heavy atom. The van der Waals surface area contributed by atoms with Gasteiger partial charge in [0, 0.05) is 28.5 Å². The molecule has 8 nitrogen and oxygen atoms in total. The number of H-pyrrole nitrogens is 1. The number of carbonyl (C=O) groups excluding carboxylic acids is 2. The predicted molar refractivity (Wildman–Crippen MR) is 115 cm³/mol. The molecule has 0 aliphatic carbocycles. The van der Waals surface area contributed by atoms with Crippen LogP contribution < -0.4 is 16.8 Å². The molecule has 0 fully saturated rings.